The quantitative estimate of drug-likeness (QED) is 0.522. The van der Waals surface area contributed by atoms with Crippen LogP contribution in [0.3, 0.4) is 0 Å². The summed E-state index contributed by atoms with van der Waals surface area (Å²) in [6.45, 7) is 4.25. The largest absolute Gasteiger partial charge is 0.296 e. The molecule has 4 aromatic rings. The van der Waals surface area contributed by atoms with Crippen LogP contribution in [0.4, 0.5) is 4.39 Å². The molecule has 0 spiro atoms. The third-order valence-electron chi connectivity index (χ3n) is 4.64. The first-order chi connectivity index (χ1) is 13.9. The van der Waals surface area contributed by atoms with E-state index in [0.29, 0.717) is 10.5 Å². The zero-order valence-electron chi connectivity index (χ0n) is 15.9. The molecule has 0 aliphatic heterocycles. The number of fused-ring (bicyclic) bond motifs is 1. The van der Waals surface area contributed by atoms with Crippen molar-refractivity contribution in [3.8, 4) is 0 Å². The van der Waals surface area contributed by atoms with Gasteiger partial charge in [-0.15, -0.1) is 0 Å². The molecule has 0 radical (unpaired) electrons. The first kappa shape index (κ1) is 19.1. The molecule has 0 aliphatic carbocycles. The summed E-state index contributed by atoms with van der Waals surface area (Å²) in [5.41, 5.74) is 2.19. The van der Waals surface area contributed by atoms with Crippen molar-refractivity contribution in [2.24, 2.45) is 0 Å². The van der Waals surface area contributed by atoms with Crippen LogP contribution in [0.2, 0.25) is 0 Å². The second kappa shape index (κ2) is 7.67. The van der Waals surface area contributed by atoms with E-state index in [1.165, 1.54) is 22.2 Å². The molecule has 0 bridgehead atoms. The number of rotatable bonds is 4. The van der Waals surface area contributed by atoms with Gasteiger partial charge in [0.05, 0.1) is 4.53 Å². The van der Waals surface area contributed by atoms with Gasteiger partial charge in [-0.2, -0.15) is 14.6 Å². The van der Waals surface area contributed by atoms with Gasteiger partial charge in [0.2, 0.25) is 4.96 Å². The predicted octanol–water partition coefficient (Wildman–Crippen LogP) is 2.91. The Hall–Kier alpha value is -3.19. The number of aromatic nitrogens is 3. The second-order valence-electron chi connectivity index (χ2n) is 7.10. The number of nitrogens with zero attached hydrogens (tertiary/aromatic N) is 3. The SMILES string of the molecule is CC(C)c1ccc(C=c2sc3nc(=O)c(Cc4ccc(F)cc4)nn3c2=O)cc1. The van der Waals surface area contributed by atoms with E-state index in [1.807, 2.05) is 24.3 Å². The Bertz CT molecular complexity index is 1340. The Morgan fingerprint density at radius 1 is 1.07 bits per heavy atom. The van der Waals surface area contributed by atoms with E-state index in [9.17, 15) is 14.0 Å². The minimum absolute atomic E-state index is 0.150. The third-order valence-corrected chi connectivity index (χ3v) is 5.60. The number of hydrogen-bond acceptors (Lipinski definition) is 5. The van der Waals surface area contributed by atoms with Gasteiger partial charge < -0.3 is 0 Å². The lowest BCUT2D eigenvalue weighted by atomic mass is 10.0. The zero-order chi connectivity index (χ0) is 20.5. The average molecular weight is 407 g/mol. The highest BCUT2D eigenvalue weighted by Gasteiger charge is 2.12. The van der Waals surface area contributed by atoms with Gasteiger partial charge in [-0.25, -0.2) is 4.39 Å². The van der Waals surface area contributed by atoms with E-state index in [1.54, 1.807) is 18.2 Å². The normalized spacial score (nSPS) is 12.2. The van der Waals surface area contributed by atoms with Crippen LogP contribution in [-0.2, 0) is 6.42 Å². The highest BCUT2D eigenvalue weighted by atomic mass is 32.1. The molecule has 2 heterocycles. The minimum Gasteiger partial charge on any atom is -0.266 e. The summed E-state index contributed by atoms with van der Waals surface area (Å²) in [5, 5.41) is 4.22. The van der Waals surface area contributed by atoms with Crippen LogP contribution in [0.1, 0.15) is 42.1 Å². The van der Waals surface area contributed by atoms with E-state index in [-0.39, 0.29) is 28.5 Å². The van der Waals surface area contributed by atoms with Crippen LogP contribution < -0.4 is 15.7 Å². The summed E-state index contributed by atoms with van der Waals surface area (Å²) < 4.78 is 14.7. The van der Waals surface area contributed by atoms with E-state index in [4.69, 9.17) is 0 Å². The van der Waals surface area contributed by atoms with Crippen LogP contribution >= 0.6 is 11.3 Å². The molecule has 0 atom stereocenters. The van der Waals surface area contributed by atoms with E-state index >= 15 is 0 Å². The molecule has 7 heteroatoms. The summed E-state index contributed by atoms with van der Waals surface area (Å²) in [6, 6.07) is 13.8. The number of benzene rings is 2. The van der Waals surface area contributed by atoms with Crippen molar-refractivity contribution in [1.82, 2.24) is 14.6 Å². The first-order valence-corrected chi connectivity index (χ1v) is 10.0. The lowest BCUT2D eigenvalue weighted by molar-refractivity contribution is 0.627. The first-order valence-electron chi connectivity index (χ1n) is 9.19. The van der Waals surface area contributed by atoms with Gasteiger partial charge in [0.15, 0.2) is 0 Å². The van der Waals surface area contributed by atoms with Gasteiger partial charge in [0, 0.05) is 6.42 Å². The molecule has 5 nitrogen and oxygen atoms in total. The van der Waals surface area contributed by atoms with Gasteiger partial charge in [-0.1, -0.05) is 61.6 Å². The summed E-state index contributed by atoms with van der Waals surface area (Å²) in [5.74, 6) is 0.0793. The van der Waals surface area contributed by atoms with Gasteiger partial charge in [0.25, 0.3) is 11.1 Å². The molecule has 0 amide bonds. The van der Waals surface area contributed by atoms with Crippen LogP contribution in [0.5, 0.6) is 0 Å². The molecule has 0 N–H and O–H groups in total. The summed E-state index contributed by atoms with van der Waals surface area (Å²) in [7, 11) is 0. The van der Waals surface area contributed by atoms with Crippen molar-refractivity contribution >= 4 is 22.4 Å². The fraction of sp³-hybridized carbons (Fsp3) is 0.182. The number of hydrogen-bond donors (Lipinski definition) is 0. The fourth-order valence-electron chi connectivity index (χ4n) is 2.98. The van der Waals surface area contributed by atoms with Crippen LogP contribution in [-0.4, -0.2) is 14.6 Å². The summed E-state index contributed by atoms with van der Waals surface area (Å²) >= 11 is 1.13. The molecule has 146 valence electrons. The Morgan fingerprint density at radius 2 is 1.76 bits per heavy atom. The maximum absolute atomic E-state index is 13.1. The second-order valence-corrected chi connectivity index (χ2v) is 8.11. The number of thiazole rings is 1. The zero-order valence-corrected chi connectivity index (χ0v) is 16.7. The number of halogens is 1. The standard InChI is InChI=1S/C22H18FN3O2S/c1-13(2)16-7-3-15(4-8-16)12-19-21(28)26-22(29-19)24-20(27)18(25-26)11-14-5-9-17(23)10-6-14/h3-10,12-13H,11H2,1-2H3. The predicted molar refractivity (Wildman–Crippen MR) is 112 cm³/mol. The van der Waals surface area contributed by atoms with Crippen molar-refractivity contribution in [2.75, 3.05) is 0 Å². The fourth-order valence-corrected chi connectivity index (χ4v) is 3.88. The Morgan fingerprint density at radius 3 is 2.41 bits per heavy atom. The topological polar surface area (TPSA) is 64.3 Å². The van der Waals surface area contributed by atoms with Crippen molar-refractivity contribution in [2.45, 2.75) is 26.2 Å². The average Bonchev–Trinajstić information content (AvgIpc) is 2.99. The Balaban J connectivity index is 1.74. The molecule has 29 heavy (non-hydrogen) atoms. The van der Waals surface area contributed by atoms with Crippen molar-refractivity contribution in [1.29, 1.82) is 0 Å². The molecular weight excluding hydrogens is 389 g/mol. The molecule has 0 unspecified atom stereocenters. The molecule has 0 aliphatic rings. The van der Waals surface area contributed by atoms with Crippen LogP contribution in [0.25, 0.3) is 11.0 Å². The van der Waals surface area contributed by atoms with Crippen molar-refractivity contribution in [3.05, 3.63) is 102 Å². The van der Waals surface area contributed by atoms with Gasteiger partial charge >= 0.3 is 0 Å². The van der Waals surface area contributed by atoms with Crippen molar-refractivity contribution < 1.29 is 4.39 Å². The minimum atomic E-state index is -0.483. The molecule has 0 fully saturated rings. The maximum Gasteiger partial charge on any atom is 0.296 e. The summed E-state index contributed by atoms with van der Waals surface area (Å²) in [4.78, 5) is 29.4. The third kappa shape index (κ3) is 4.00. The highest BCUT2D eigenvalue weighted by Crippen LogP contribution is 2.15. The smallest absolute Gasteiger partial charge is 0.266 e. The Kier molecular flexibility index (Phi) is 5.07. The van der Waals surface area contributed by atoms with Crippen LogP contribution in [0, 0.1) is 5.82 Å². The van der Waals surface area contributed by atoms with E-state index in [0.717, 1.165) is 22.5 Å². The molecule has 0 saturated heterocycles. The van der Waals surface area contributed by atoms with Crippen molar-refractivity contribution in [3.63, 3.8) is 0 Å². The van der Waals surface area contributed by atoms with E-state index < -0.39 is 5.56 Å². The summed E-state index contributed by atoms with van der Waals surface area (Å²) in [6.07, 6.45) is 1.96. The Labute approximate surface area is 169 Å². The highest BCUT2D eigenvalue weighted by molar-refractivity contribution is 7.15. The molecule has 2 aromatic carbocycles. The lowest BCUT2D eigenvalue weighted by Gasteiger charge is -2.04. The molecule has 0 saturated carbocycles. The lowest BCUT2D eigenvalue weighted by Crippen LogP contribution is -2.28. The van der Waals surface area contributed by atoms with E-state index in [2.05, 4.69) is 23.9 Å². The molecular formula is C22H18FN3O2S. The maximum atomic E-state index is 13.1. The van der Waals surface area contributed by atoms with Crippen LogP contribution in [0.15, 0.2) is 58.1 Å². The van der Waals surface area contributed by atoms with Gasteiger partial charge in [0.1, 0.15) is 11.5 Å². The molecule has 4 rings (SSSR count). The van der Waals surface area contributed by atoms with Gasteiger partial charge in [-0.3, -0.25) is 9.59 Å². The van der Waals surface area contributed by atoms with Gasteiger partial charge in [-0.05, 0) is 40.8 Å². The molecule has 2 aromatic heterocycles. The monoisotopic (exact) mass is 407 g/mol.